The van der Waals surface area contributed by atoms with Gasteiger partial charge in [0.05, 0.1) is 0 Å². The topological polar surface area (TPSA) is 153 Å². The largest absolute Gasteiger partial charge is 0.463 e. The Kier molecular flexibility index (Phi) is 8.51. The SMILES string of the molecule is CC(=O)N[C@H]1[C@H](OC2=C[C@@H]3OC(=O)C=C(C)[C@H]3C=C2)O[C@H](COC(C)=O)[C@@H](OC(C)=O)[C@@H]1OC(C)=O. The molecule has 2 aliphatic heterocycles. The van der Waals surface area contributed by atoms with Crippen molar-refractivity contribution in [2.75, 3.05) is 6.61 Å². The number of nitrogens with one attached hydrogen (secondary N) is 1. The minimum Gasteiger partial charge on any atom is -0.463 e. The third kappa shape index (κ3) is 6.72. The molecule has 0 radical (unpaired) electrons. The van der Waals surface area contributed by atoms with Crippen molar-refractivity contribution in [3.05, 3.63) is 35.6 Å². The maximum Gasteiger partial charge on any atom is 0.331 e. The first kappa shape index (κ1) is 26.9. The summed E-state index contributed by atoms with van der Waals surface area (Å²) in [6.07, 6.45) is 1.02. The number of hydrogen-bond donors (Lipinski definition) is 1. The smallest absolute Gasteiger partial charge is 0.331 e. The van der Waals surface area contributed by atoms with E-state index in [-0.39, 0.29) is 18.3 Å². The average molecular weight is 507 g/mol. The molecule has 1 fully saturated rings. The Labute approximate surface area is 207 Å². The van der Waals surface area contributed by atoms with Gasteiger partial charge in [0.25, 0.3) is 0 Å². The molecular formula is C24H29NO11. The molecule has 196 valence electrons. The fourth-order valence-corrected chi connectivity index (χ4v) is 4.20. The van der Waals surface area contributed by atoms with Crippen LogP contribution < -0.4 is 5.32 Å². The molecule has 1 amide bonds. The summed E-state index contributed by atoms with van der Waals surface area (Å²) in [7, 11) is 0. The van der Waals surface area contributed by atoms with Crippen LogP contribution in [0.15, 0.2) is 35.6 Å². The molecule has 1 aliphatic carbocycles. The number of carbonyl (C=O) groups is 5. The van der Waals surface area contributed by atoms with Crippen molar-refractivity contribution in [2.45, 2.75) is 71.4 Å². The molecule has 12 heteroatoms. The highest BCUT2D eigenvalue weighted by atomic mass is 16.7. The number of amides is 1. The van der Waals surface area contributed by atoms with Gasteiger partial charge in [0, 0.05) is 39.7 Å². The maximum absolute atomic E-state index is 12.0. The van der Waals surface area contributed by atoms with Crippen LogP contribution in [0.4, 0.5) is 0 Å². The van der Waals surface area contributed by atoms with Crippen LogP contribution in [-0.4, -0.2) is 73.1 Å². The van der Waals surface area contributed by atoms with Gasteiger partial charge in [0.1, 0.15) is 30.6 Å². The molecule has 1 N–H and O–H groups in total. The van der Waals surface area contributed by atoms with Gasteiger partial charge in [-0.05, 0) is 19.1 Å². The Balaban J connectivity index is 1.93. The van der Waals surface area contributed by atoms with Gasteiger partial charge in [-0.25, -0.2) is 4.79 Å². The van der Waals surface area contributed by atoms with E-state index in [2.05, 4.69) is 5.32 Å². The summed E-state index contributed by atoms with van der Waals surface area (Å²) < 4.78 is 33.2. The van der Waals surface area contributed by atoms with Gasteiger partial charge in [-0.2, -0.15) is 0 Å². The summed E-state index contributed by atoms with van der Waals surface area (Å²) in [5.41, 5.74) is 0.827. The van der Waals surface area contributed by atoms with Crippen LogP contribution in [-0.2, 0) is 52.4 Å². The maximum atomic E-state index is 12.0. The van der Waals surface area contributed by atoms with E-state index in [0.717, 1.165) is 19.4 Å². The minimum atomic E-state index is -1.27. The van der Waals surface area contributed by atoms with Crippen LogP contribution in [0.3, 0.4) is 0 Å². The lowest BCUT2D eigenvalue weighted by molar-refractivity contribution is -0.268. The van der Waals surface area contributed by atoms with Crippen LogP contribution >= 0.6 is 0 Å². The Bertz CT molecular complexity index is 1010. The van der Waals surface area contributed by atoms with Gasteiger partial charge in [0.15, 0.2) is 12.2 Å². The molecule has 2 heterocycles. The number of allylic oxidation sites excluding steroid dienone is 1. The second-order valence-electron chi connectivity index (χ2n) is 8.58. The standard InChI is InChI=1S/C24H29NO11/c1-11-8-20(30)35-18-9-16(6-7-17(11)18)34-24-21(25-12(2)26)23(33-15(5)29)22(32-14(4)28)19(36-24)10-31-13(3)27/h6-9,17-19,21-24H,10H2,1-5H3,(H,25,26)/t17-,18+,19-,21-,22-,23-,24-/m1/s1. The molecule has 0 spiro atoms. The third-order valence-corrected chi connectivity index (χ3v) is 5.60. The zero-order valence-electron chi connectivity index (χ0n) is 20.5. The molecule has 3 rings (SSSR count). The molecule has 7 atom stereocenters. The molecule has 0 aromatic rings. The zero-order chi connectivity index (χ0) is 26.6. The highest BCUT2D eigenvalue weighted by Crippen LogP contribution is 2.33. The quantitative estimate of drug-likeness (QED) is 0.381. The number of ether oxygens (including phenoxy) is 6. The zero-order valence-corrected chi connectivity index (χ0v) is 20.5. The van der Waals surface area contributed by atoms with Gasteiger partial charge in [-0.1, -0.05) is 11.6 Å². The summed E-state index contributed by atoms with van der Waals surface area (Å²) in [6, 6.07) is -1.12. The van der Waals surface area contributed by atoms with E-state index in [0.29, 0.717) is 0 Å². The van der Waals surface area contributed by atoms with E-state index in [1.165, 1.54) is 19.9 Å². The van der Waals surface area contributed by atoms with Crippen molar-refractivity contribution in [3.63, 3.8) is 0 Å². The van der Waals surface area contributed by atoms with Crippen molar-refractivity contribution in [1.29, 1.82) is 0 Å². The first-order valence-corrected chi connectivity index (χ1v) is 11.3. The van der Waals surface area contributed by atoms with Crippen molar-refractivity contribution >= 4 is 29.8 Å². The molecule has 1 saturated heterocycles. The molecule has 0 saturated carbocycles. The molecule has 0 unspecified atom stereocenters. The van der Waals surface area contributed by atoms with E-state index >= 15 is 0 Å². The lowest BCUT2D eigenvalue weighted by Crippen LogP contribution is -2.66. The summed E-state index contributed by atoms with van der Waals surface area (Å²) in [6.45, 7) is 6.21. The fourth-order valence-electron chi connectivity index (χ4n) is 4.20. The number of carbonyl (C=O) groups excluding carboxylic acids is 5. The van der Waals surface area contributed by atoms with Gasteiger partial charge in [0.2, 0.25) is 12.2 Å². The van der Waals surface area contributed by atoms with Crippen molar-refractivity contribution in [1.82, 2.24) is 5.32 Å². The molecular weight excluding hydrogens is 478 g/mol. The predicted molar refractivity (Wildman–Crippen MR) is 119 cm³/mol. The molecule has 12 nitrogen and oxygen atoms in total. The molecule has 0 aromatic heterocycles. The van der Waals surface area contributed by atoms with Gasteiger partial charge in [-0.3, -0.25) is 19.2 Å². The van der Waals surface area contributed by atoms with E-state index in [9.17, 15) is 24.0 Å². The van der Waals surface area contributed by atoms with Gasteiger partial charge < -0.3 is 33.7 Å². The monoisotopic (exact) mass is 507 g/mol. The Morgan fingerprint density at radius 1 is 1.00 bits per heavy atom. The summed E-state index contributed by atoms with van der Waals surface area (Å²) in [5.74, 6) is -2.91. The lowest BCUT2D eigenvalue weighted by atomic mass is 9.88. The third-order valence-electron chi connectivity index (χ3n) is 5.60. The second-order valence-corrected chi connectivity index (χ2v) is 8.58. The van der Waals surface area contributed by atoms with Gasteiger partial charge in [-0.15, -0.1) is 0 Å². The molecule has 0 bridgehead atoms. The van der Waals surface area contributed by atoms with Crippen LogP contribution in [0.25, 0.3) is 0 Å². The Morgan fingerprint density at radius 3 is 2.28 bits per heavy atom. The molecule has 3 aliphatic rings. The van der Waals surface area contributed by atoms with E-state index in [4.69, 9.17) is 28.4 Å². The van der Waals surface area contributed by atoms with Crippen LogP contribution in [0.1, 0.15) is 34.6 Å². The predicted octanol–water partition coefficient (Wildman–Crippen LogP) is 0.601. The minimum absolute atomic E-state index is 0.160. The average Bonchev–Trinajstić information content (AvgIpc) is 2.75. The molecule has 36 heavy (non-hydrogen) atoms. The summed E-state index contributed by atoms with van der Waals surface area (Å²) in [4.78, 5) is 59.1. The van der Waals surface area contributed by atoms with Crippen LogP contribution in [0, 0.1) is 5.92 Å². The molecule has 0 aromatic carbocycles. The van der Waals surface area contributed by atoms with E-state index in [1.807, 2.05) is 6.92 Å². The number of esters is 4. The van der Waals surface area contributed by atoms with Gasteiger partial charge >= 0.3 is 23.9 Å². The highest BCUT2D eigenvalue weighted by Gasteiger charge is 2.52. The Morgan fingerprint density at radius 2 is 1.67 bits per heavy atom. The summed E-state index contributed by atoms with van der Waals surface area (Å²) >= 11 is 0. The number of rotatable bonds is 7. The van der Waals surface area contributed by atoms with E-state index < -0.39 is 66.5 Å². The first-order valence-electron chi connectivity index (χ1n) is 11.3. The first-order chi connectivity index (χ1) is 16.9. The fraction of sp³-hybridized carbons (Fsp3) is 0.542. The normalized spacial score (nSPS) is 31.0. The second kappa shape index (κ2) is 11.4. The van der Waals surface area contributed by atoms with Crippen LogP contribution in [0.5, 0.6) is 0 Å². The van der Waals surface area contributed by atoms with Crippen molar-refractivity contribution < 1.29 is 52.4 Å². The van der Waals surface area contributed by atoms with Crippen LogP contribution in [0.2, 0.25) is 0 Å². The number of hydrogen-bond acceptors (Lipinski definition) is 11. The van der Waals surface area contributed by atoms with Crippen molar-refractivity contribution in [2.24, 2.45) is 5.92 Å². The van der Waals surface area contributed by atoms with E-state index in [1.54, 1.807) is 18.2 Å². The van der Waals surface area contributed by atoms with Crippen molar-refractivity contribution in [3.8, 4) is 0 Å². The highest BCUT2D eigenvalue weighted by molar-refractivity contribution is 5.84. The summed E-state index contributed by atoms with van der Waals surface area (Å²) in [5, 5.41) is 2.62. The Hall–Kier alpha value is -3.67. The lowest BCUT2D eigenvalue weighted by Gasteiger charge is -2.45. The number of fused-ring (bicyclic) bond motifs is 1.